The van der Waals surface area contributed by atoms with Gasteiger partial charge in [-0.3, -0.25) is 4.79 Å². The van der Waals surface area contributed by atoms with Crippen molar-refractivity contribution in [1.82, 2.24) is 0 Å². The van der Waals surface area contributed by atoms with E-state index < -0.39 is 0 Å². The van der Waals surface area contributed by atoms with E-state index in [-0.39, 0.29) is 5.41 Å². The molecule has 1 rings (SSSR count). The molecule has 0 heterocycles. The first-order valence-electron chi connectivity index (χ1n) is 5.91. The highest BCUT2D eigenvalue weighted by Crippen LogP contribution is 2.33. The van der Waals surface area contributed by atoms with Gasteiger partial charge < -0.3 is 0 Å². The maximum Gasteiger partial charge on any atom is 0.158 e. The summed E-state index contributed by atoms with van der Waals surface area (Å²) in [5, 5.41) is 0. The summed E-state index contributed by atoms with van der Waals surface area (Å²) in [7, 11) is 0. The van der Waals surface area contributed by atoms with E-state index in [9.17, 15) is 4.79 Å². The minimum absolute atomic E-state index is 0.226. The molecule has 1 heteroatoms. The molecule has 0 unspecified atom stereocenters. The topological polar surface area (TPSA) is 17.1 Å². The lowest BCUT2D eigenvalue weighted by molar-refractivity contribution is -0.115. The van der Waals surface area contributed by atoms with Gasteiger partial charge in [0.15, 0.2) is 5.78 Å². The minimum atomic E-state index is 0.226. The standard InChI is InChI=1S/C14H22O/c1-4-5-6-9-13(15)12-8-7-10-14(2,3)11-12/h4-5,11H,6-10H2,1-3H3. The van der Waals surface area contributed by atoms with Gasteiger partial charge in [0.1, 0.15) is 0 Å². The van der Waals surface area contributed by atoms with Gasteiger partial charge >= 0.3 is 0 Å². The Bertz CT molecular complexity index is 282. The van der Waals surface area contributed by atoms with Crippen molar-refractivity contribution in [2.75, 3.05) is 0 Å². The summed E-state index contributed by atoms with van der Waals surface area (Å²) >= 11 is 0. The fourth-order valence-electron chi connectivity index (χ4n) is 2.11. The fourth-order valence-corrected chi connectivity index (χ4v) is 2.11. The van der Waals surface area contributed by atoms with Crippen molar-refractivity contribution in [3.63, 3.8) is 0 Å². The Morgan fingerprint density at radius 3 is 2.87 bits per heavy atom. The van der Waals surface area contributed by atoms with E-state index in [0.717, 1.165) is 24.8 Å². The van der Waals surface area contributed by atoms with Crippen molar-refractivity contribution in [2.24, 2.45) is 5.41 Å². The van der Waals surface area contributed by atoms with E-state index in [4.69, 9.17) is 0 Å². The third-order valence-electron chi connectivity index (χ3n) is 2.96. The second-order valence-electron chi connectivity index (χ2n) is 5.04. The zero-order valence-corrected chi connectivity index (χ0v) is 10.2. The third kappa shape index (κ3) is 4.03. The average molecular weight is 206 g/mol. The van der Waals surface area contributed by atoms with Crippen LogP contribution in [-0.2, 0) is 4.79 Å². The van der Waals surface area contributed by atoms with Gasteiger partial charge in [-0.05, 0) is 43.6 Å². The molecule has 84 valence electrons. The van der Waals surface area contributed by atoms with Crippen LogP contribution in [0.4, 0.5) is 0 Å². The Balaban J connectivity index is 2.55. The quantitative estimate of drug-likeness (QED) is 0.634. The SMILES string of the molecule is CC=CCCC(=O)C1=CC(C)(C)CCC1. The zero-order valence-electron chi connectivity index (χ0n) is 10.2. The fraction of sp³-hybridized carbons (Fsp3) is 0.643. The Morgan fingerprint density at radius 2 is 2.27 bits per heavy atom. The maximum absolute atomic E-state index is 11.9. The van der Waals surface area contributed by atoms with Crippen molar-refractivity contribution in [1.29, 1.82) is 0 Å². The molecule has 0 radical (unpaired) electrons. The van der Waals surface area contributed by atoms with Crippen molar-refractivity contribution >= 4 is 5.78 Å². The van der Waals surface area contributed by atoms with Crippen LogP contribution in [0, 0.1) is 5.41 Å². The number of hydrogen-bond acceptors (Lipinski definition) is 1. The summed E-state index contributed by atoms with van der Waals surface area (Å²) in [5.74, 6) is 0.348. The second-order valence-corrected chi connectivity index (χ2v) is 5.04. The van der Waals surface area contributed by atoms with Crippen LogP contribution in [0.25, 0.3) is 0 Å². The Hall–Kier alpha value is -0.850. The summed E-state index contributed by atoms with van der Waals surface area (Å²) in [6.07, 6.45) is 11.2. The molecule has 0 bridgehead atoms. The van der Waals surface area contributed by atoms with Gasteiger partial charge in [0, 0.05) is 6.42 Å². The predicted octanol–water partition coefficient (Wildman–Crippen LogP) is 4.05. The van der Waals surface area contributed by atoms with Crippen LogP contribution in [0.3, 0.4) is 0 Å². The largest absolute Gasteiger partial charge is 0.295 e. The Kier molecular flexibility index (Phi) is 4.31. The maximum atomic E-state index is 11.9. The highest BCUT2D eigenvalue weighted by Gasteiger charge is 2.22. The van der Waals surface area contributed by atoms with Crippen molar-refractivity contribution in [3.05, 3.63) is 23.8 Å². The molecule has 0 N–H and O–H groups in total. The summed E-state index contributed by atoms with van der Waals surface area (Å²) in [4.78, 5) is 11.9. The van der Waals surface area contributed by atoms with E-state index in [0.29, 0.717) is 12.2 Å². The first-order chi connectivity index (χ1) is 7.05. The molecule has 0 fully saturated rings. The molecular formula is C14H22O. The lowest BCUT2D eigenvalue weighted by Gasteiger charge is -2.26. The second kappa shape index (κ2) is 5.29. The van der Waals surface area contributed by atoms with Gasteiger partial charge in [-0.15, -0.1) is 0 Å². The molecule has 0 aromatic heterocycles. The van der Waals surface area contributed by atoms with Crippen LogP contribution < -0.4 is 0 Å². The van der Waals surface area contributed by atoms with E-state index in [1.54, 1.807) is 0 Å². The molecule has 0 aromatic carbocycles. The molecule has 15 heavy (non-hydrogen) atoms. The van der Waals surface area contributed by atoms with Crippen molar-refractivity contribution in [2.45, 2.75) is 52.9 Å². The highest BCUT2D eigenvalue weighted by atomic mass is 16.1. The average Bonchev–Trinajstić information content (AvgIpc) is 2.16. The van der Waals surface area contributed by atoms with Gasteiger partial charge in [-0.2, -0.15) is 0 Å². The van der Waals surface area contributed by atoms with Gasteiger partial charge in [-0.25, -0.2) is 0 Å². The number of allylic oxidation sites excluding steroid dienone is 4. The van der Waals surface area contributed by atoms with Crippen molar-refractivity contribution < 1.29 is 4.79 Å². The first kappa shape index (κ1) is 12.2. The zero-order chi connectivity index (χ0) is 11.3. The molecule has 0 aliphatic heterocycles. The number of rotatable bonds is 4. The molecule has 0 saturated carbocycles. The van der Waals surface area contributed by atoms with Gasteiger partial charge in [0.2, 0.25) is 0 Å². The van der Waals surface area contributed by atoms with E-state index >= 15 is 0 Å². The Morgan fingerprint density at radius 1 is 1.53 bits per heavy atom. The van der Waals surface area contributed by atoms with Crippen LogP contribution in [0.15, 0.2) is 23.8 Å². The molecule has 1 aliphatic rings. The number of ketones is 1. The molecule has 1 aliphatic carbocycles. The minimum Gasteiger partial charge on any atom is -0.295 e. The smallest absolute Gasteiger partial charge is 0.158 e. The predicted molar refractivity (Wildman–Crippen MR) is 64.8 cm³/mol. The summed E-state index contributed by atoms with van der Waals surface area (Å²) in [6.45, 7) is 6.42. The summed E-state index contributed by atoms with van der Waals surface area (Å²) in [6, 6.07) is 0. The van der Waals surface area contributed by atoms with Crippen LogP contribution in [0.2, 0.25) is 0 Å². The lowest BCUT2D eigenvalue weighted by atomic mass is 9.78. The monoisotopic (exact) mass is 206 g/mol. The molecule has 0 atom stereocenters. The normalized spacial score (nSPS) is 20.3. The first-order valence-corrected chi connectivity index (χ1v) is 5.91. The van der Waals surface area contributed by atoms with Crippen LogP contribution in [-0.4, -0.2) is 5.78 Å². The number of hydrogen-bond donors (Lipinski definition) is 0. The van der Waals surface area contributed by atoms with E-state index in [1.165, 1.54) is 6.42 Å². The Labute approximate surface area is 93.3 Å². The molecular weight excluding hydrogens is 184 g/mol. The van der Waals surface area contributed by atoms with E-state index in [2.05, 4.69) is 26.0 Å². The number of carbonyl (C=O) groups is 1. The van der Waals surface area contributed by atoms with Crippen LogP contribution >= 0.6 is 0 Å². The van der Waals surface area contributed by atoms with Gasteiger partial charge in [-0.1, -0.05) is 32.1 Å². The molecule has 0 saturated heterocycles. The van der Waals surface area contributed by atoms with Crippen LogP contribution in [0.5, 0.6) is 0 Å². The highest BCUT2D eigenvalue weighted by molar-refractivity contribution is 5.95. The van der Waals surface area contributed by atoms with Crippen LogP contribution in [0.1, 0.15) is 52.9 Å². The van der Waals surface area contributed by atoms with Crippen molar-refractivity contribution in [3.8, 4) is 0 Å². The number of Topliss-reactive ketones (excluding diaryl/α,β-unsaturated/α-hetero) is 1. The third-order valence-corrected chi connectivity index (χ3v) is 2.96. The van der Waals surface area contributed by atoms with E-state index in [1.807, 2.05) is 13.0 Å². The molecule has 0 aromatic rings. The molecule has 0 spiro atoms. The van der Waals surface area contributed by atoms with Gasteiger partial charge in [0.25, 0.3) is 0 Å². The molecule has 1 nitrogen and oxygen atoms in total. The summed E-state index contributed by atoms with van der Waals surface area (Å²) < 4.78 is 0. The van der Waals surface area contributed by atoms with Gasteiger partial charge in [0.05, 0.1) is 0 Å². The lowest BCUT2D eigenvalue weighted by Crippen LogP contribution is -2.17. The summed E-state index contributed by atoms with van der Waals surface area (Å²) in [5.41, 5.74) is 1.29. The molecule has 0 amide bonds. The number of carbonyl (C=O) groups excluding carboxylic acids is 1.